The maximum atomic E-state index is 12.4. The predicted molar refractivity (Wildman–Crippen MR) is 158 cm³/mol. The molecule has 1 aromatic heterocycles. The molecule has 0 bridgehead atoms. The van der Waals surface area contributed by atoms with E-state index in [-0.39, 0.29) is 18.2 Å². The number of benzene rings is 2. The van der Waals surface area contributed by atoms with Crippen LogP contribution in [0.2, 0.25) is 0 Å². The average Bonchev–Trinajstić information content (AvgIpc) is 3.33. The number of ether oxygens (including phenoxy) is 2. The molecule has 1 fully saturated rings. The lowest BCUT2D eigenvalue weighted by Gasteiger charge is -2.31. The Morgan fingerprint density at radius 3 is 2.60 bits per heavy atom. The Kier molecular flexibility index (Phi) is 9.81. The van der Waals surface area contributed by atoms with E-state index in [2.05, 4.69) is 41.2 Å². The fourth-order valence-electron chi connectivity index (χ4n) is 5.03. The third-order valence-electron chi connectivity index (χ3n) is 7.16. The van der Waals surface area contributed by atoms with E-state index < -0.39 is 11.7 Å². The molecule has 3 aromatic rings. The Bertz CT molecular complexity index is 1240. The first-order valence-corrected chi connectivity index (χ1v) is 14.3. The molecule has 0 aliphatic carbocycles. The van der Waals surface area contributed by atoms with Gasteiger partial charge in [0, 0.05) is 19.6 Å². The topological polar surface area (TPSA) is 121 Å². The highest BCUT2D eigenvalue weighted by Crippen LogP contribution is 2.30. The molecule has 9 nitrogen and oxygen atoms in total. The summed E-state index contributed by atoms with van der Waals surface area (Å²) in [6.07, 6.45) is 4.85. The van der Waals surface area contributed by atoms with Crippen molar-refractivity contribution in [1.82, 2.24) is 19.8 Å². The third-order valence-corrected chi connectivity index (χ3v) is 7.16. The molecule has 40 heavy (non-hydrogen) atoms. The Morgan fingerprint density at radius 1 is 1.15 bits per heavy atom. The molecule has 4 N–H and O–H groups in total. The standard InChI is InChI=1S/C31H44N6O3/c1-31(2,3)40-30(38)37(29(32)33)18-9-5-6-11-22-12-10-13-23(21-22)27(39-24-16-19-36(4)20-17-24)28-34-25-14-7-8-15-26(25)35-28/h7-8,10,12-15,21,24,27H,5-6,9,11,16-20H2,1-4H3,(H3,32,33)(H,34,35). The van der Waals surface area contributed by atoms with Crippen molar-refractivity contribution in [2.75, 3.05) is 26.7 Å². The zero-order valence-corrected chi connectivity index (χ0v) is 24.3. The van der Waals surface area contributed by atoms with Crippen LogP contribution in [-0.2, 0) is 15.9 Å². The van der Waals surface area contributed by atoms with E-state index in [4.69, 9.17) is 25.6 Å². The lowest BCUT2D eigenvalue weighted by atomic mass is 10.0. The molecule has 1 unspecified atom stereocenters. The molecule has 1 aliphatic heterocycles. The number of likely N-dealkylation sites (tertiary alicyclic amines) is 1. The van der Waals surface area contributed by atoms with Crippen LogP contribution in [0.15, 0.2) is 48.5 Å². The summed E-state index contributed by atoms with van der Waals surface area (Å²) in [4.78, 5) is 24.3. The highest BCUT2D eigenvalue weighted by Gasteiger charge is 2.26. The minimum atomic E-state index is -0.632. The number of aromatic amines is 1. The van der Waals surface area contributed by atoms with Crippen LogP contribution >= 0.6 is 0 Å². The second kappa shape index (κ2) is 13.3. The number of carbonyl (C=O) groups excluding carboxylic acids is 1. The molecule has 1 aliphatic rings. The second-order valence-electron chi connectivity index (χ2n) is 11.7. The van der Waals surface area contributed by atoms with E-state index in [0.29, 0.717) is 6.54 Å². The monoisotopic (exact) mass is 548 g/mol. The molecular formula is C31H44N6O3. The van der Waals surface area contributed by atoms with Crippen LogP contribution < -0.4 is 5.73 Å². The van der Waals surface area contributed by atoms with Crippen LogP contribution in [0.5, 0.6) is 0 Å². The van der Waals surface area contributed by atoms with Crippen molar-refractivity contribution in [1.29, 1.82) is 5.41 Å². The van der Waals surface area contributed by atoms with Crippen LogP contribution in [0.3, 0.4) is 0 Å². The molecule has 216 valence electrons. The number of para-hydroxylation sites is 2. The lowest BCUT2D eigenvalue weighted by molar-refractivity contribution is -0.0264. The summed E-state index contributed by atoms with van der Waals surface area (Å²) in [6, 6.07) is 16.7. The highest BCUT2D eigenvalue weighted by molar-refractivity contribution is 5.91. The molecule has 0 spiro atoms. The number of carbonyl (C=O) groups is 1. The van der Waals surface area contributed by atoms with Crippen molar-refractivity contribution in [3.8, 4) is 0 Å². The molecule has 9 heteroatoms. The quantitative estimate of drug-likeness (QED) is 0.172. The summed E-state index contributed by atoms with van der Waals surface area (Å²) in [6.45, 7) is 7.83. The van der Waals surface area contributed by atoms with Gasteiger partial charge in [0.1, 0.15) is 17.5 Å². The number of nitrogens with two attached hydrogens (primary N) is 1. The van der Waals surface area contributed by atoms with Gasteiger partial charge in [0.25, 0.3) is 0 Å². The van der Waals surface area contributed by atoms with Gasteiger partial charge in [-0.25, -0.2) is 14.7 Å². The Labute approximate surface area is 237 Å². The predicted octanol–water partition coefficient (Wildman–Crippen LogP) is 5.61. The van der Waals surface area contributed by atoms with E-state index in [1.54, 1.807) is 20.8 Å². The highest BCUT2D eigenvalue weighted by atomic mass is 16.6. The van der Waals surface area contributed by atoms with Crippen molar-refractivity contribution in [3.63, 3.8) is 0 Å². The number of hydrogen-bond acceptors (Lipinski definition) is 6. The van der Waals surface area contributed by atoms with E-state index >= 15 is 0 Å². The van der Waals surface area contributed by atoms with Gasteiger partial charge in [0.05, 0.1) is 17.1 Å². The molecule has 2 aromatic carbocycles. The Morgan fingerprint density at radius 2 is 1.90 bits per heavy atom. The fourth-order valence-corrected chi connectivity index (χ4v) is 5.03. The summed E-state index contributed by atoms with van der Waals surface area (Å²) in [5, 5.41) is 7.76. The summed E-state index contributed by atoms with van der Waals surface area (Å²) >= 11 is 0. The molecule has 2 heterocycles. The lowest BCUT2D eigenvalue weighted by Crippen LogP contribution is -2.44. The smallest absolute Gasteiger partial charge is 0.417 e. The zero-order valence-electron chi connectivity index (χ0n) is 24.3. The molecule has 1 amide bonds. The van der Waals surface area contributed by atoms with Crippen molar-refractivity contribution >= 4 is 23.1 Å². The van der Waals surface area contributed by atoms with E-state index in [0.717, 1.165) is 74.0 Å². The van der Waals surface area contributed by atoms with E-state index in [9.17, 15) is 4.79 Å². The first kappa shape index (κ1) is 29.6. The number of nitrogens with zero attached hydrogens (tertiary/aromatic N) is 3. The number of unbranched alkanes of at least 4 members (excludes halogenated alkanes) is 2. The number of nitrogens with one attached hydrogen (secondary N) is 2. The third kappa shape index (κ3) is 8.29. The van der Waals surface area contributed by atoms with Crippen LogP contribution in [0.4, 0.5) is 4.79 Å². The Balaban J connectivity index is 1.39. The van der Waals surface area contributed by atoms with E-state index in [1.807, 2.05) is 24.3 Å². The number of piperidine rings is 1. The molecule has 0 saturated carbocycles. The summed E-state index contributed by atoms with van der Waals surface area (Å²) in [7, 11) is 2.16. The normalized spacial score (nSPS) is 15.7. The van der Waals surface area contributed by atoms with Gasteiger partial charge in [0.2, 0.25) is 0 Å². The molecule has 1 atom stereocenters. The number of imidazole rings is 1. The van der Waals surface area contributed by atoms with Crippen LogP contribution in [0.25, 0.3) is 11.0 Å². The van der Waals surface area contributed by atoms with Gasteiger partial charge in [-0.15, -0.1) is 0 Å². The molecule has 1 saturated heterocycles. The van der Waals surface area contributed by atoms with Crippen molar-refractivity contribution < 1.29 is 14.3 Å². The number of hydrogen-bond donors (Lipinski definition) is 3. The molecular weight excluding hydrogens is 504 g/mol. The maximum Gasteiger partial charge on any atom is 0.417 e. The van der Waals surface area contributed by atoms with Crippen LogP contribution in [0, 0.1) is 5.41 Å². The average molecular weight is 549 g/mol. The van der Waals surface area contributed by atoms with Gasteiger partial charge >= 0.3 is 6.09 Å². The number of aromatic nitrogens is 2. The number of H-pyrrole nitrogens is 1. The minimum absolute atomic E-state index is 0.187. The number of fused-ring (bicyclic) bond motifs is 1. The number of amides is 1. The van der Waals surface area contributed by atoms with Crippen molar-refractivity contribution in [2.24, 2.45) is 5.73 Å². The fraction of sp³-hybridized carbons (Fsp3) is 0.516. The van der Waals surface area contributed by atoms with Gasteiger partial charge in [0.15, 0.2) is 5.96 Å². The van der Waals surface area contributed by atoms with Crippen LogP contribution in [0.1, 0.15) is 75.9 Å². The van der Waals surface area contributed by atoms with Crippen molar-refractivity contribution in [3.05, 3.63) is 65.5 Å². The number of guanidine groups is 1. The van der Waals surface area contributed by atoms with Gasteiger partial charge in [-0.1, -0.05) is 42.8 Å². The summed E-state index contributed by atoms with van der Waals surface area (Å²) < 4.78 is 12.1. The van der Waals surface area contributed by atoms with Gasteiger partial charge in [-0.3, -0.25) is 5.41 Å². The number of aryl methyl sites for hydroxylation is 1. The van der Waals surface area contributed by atoms with Gasteiger partial charge < -0.3 is 25.1 Å². The Hall–Kier alpha value is -3.43. The first-order chi connectivity index (χ1) is 19.1. The zero-order chi connectivity index (χ0) is 28.7. The molecule has 0 radical (unpaired) electrons. The van der Waals surface area contributed by atoms with Gasteiger partial charge in [-0.2, -0.15) is 0 Å². The van der Waals surface area contributed by atoms with Crippen LogP contribution in [-0.4, -0.2) is 70.2 Å². The maximum absolute atomic E-state index is 12.4. The molecule has 4 rings (SSSR count). The second-order valence-corrected chi connectivity index (χ2v) is 11.7. The van der Waals surface area contributed by atoms with Crippen molar-refractivity contribution in [2.45, 2.75) is 77.1 Å². The largest absolute Gasteiger partial charge is 0.443 e. The SMILES string of the molecule is CN1CCC(OC(c2cccc(CCCCCN(C(=N)N)C(=O)OC(C)(C)C)c2)c2nc3ccccc3[nH]2)CC1. The minimum Gasteiger partial charge on any atom is -0.443 e. The summed E-state index contributed by atoms with van der Waals surface area (Å²) in [5.74, 6) is 0.548. The van der Waals surface area contributed by atoms with Gasteiger partial charge in [-0.05, 0) is 83.2 Å². The summed E-state index contributed by atoms with van der Waals surface area (Å²) in [5.41, 5.74) is 9.30. The number of rotatable bonds is 10. The first-order valence-electron chi connectivity index (χ1n) is 14.3. The van der Waals surface area contributed by atoms with E-state index in [1.165, 1.54) is 10.5 Å².